The number of benzene rings is 1. The van der Waals surface area contributed by atoms with E-state index in [-0.39, 0.29) is 33.9 Å². The average molecular weight is 334 g/mol. The Hall–Kier alpha value is -2.55. The number of hydrogen-bond donors (Lipinski definition) is 0. The number of carbonyl (C=O) groups is 3. The van der Waals surface area contributed by atoms with E-state index in [2.05, 4.69) is 20.8 Å². The highest BCUT2D eigenvalue weighted by molar-refractivity contribution is 6.33. The van der Waals surface area contributed by atoms with Crippen LogP contribution in [0.4, 0.5) is 0 Å². The Bertz CT molecular complexity index is 842. The van der Waals surface area contributed by atoms with E-state index in [0.717, 1.165) is 5.56 Å². The fraction of sp³-hybridized carbons (Fsp3) is 0.318. The highest BCUT2D eigenvalue weighted by atomic mass is 16.2. The summed E-state index contributed by atoms with van der Waals surface area (Å²) in [5, 5.41) is 0. The van der Waals surface area contributed by atoms with Crippen LogP contribution < -0.4 is 0 Å². The highest BCUT2D eigenvalue weighted by Gasteiger charge is 2.42. The van der Waals surface area contributed by atoms with Crippen LogP contribution in [0.3, 0.4) is 0 Å². The molecule has 0 spiro atoms. The minimum absolute atomic E-state index is 0.0141. The lowest BCUT2D eigenvalue weighted by atomic mass is 9.71. The van der Waals surface area contributed by atoms with E-state index >= 15 is 0 Å². The minimum Gasteiger partial charge on any atom is -0.294 e. The maximum atomic E-state index is 12.9. The van der Waals surface area contributed by atoms with Gasteiger partial charge in [0.2, 0.25) is 0 Å². The molecule has 0 aliphatic heterocycles. The third-order valence-electron chi connectivity index (χ3n) is 4.97. The van der Waals surface area contributed by atoms with Gasteiger partial charge in [0.1, 0.15) is 0 Å². The molecule has 3 heteroatoms. The van der Waals surface area contributed by atoms with Gasteiger partial charge in [-0.25, -0.2) is 0 Å². The van der Waals surface area contributed by atoms with Crippen molar-refractivity contribution in [2.75, 3.05) is 0 Å². The summed E-state index contributed by atoms with van der Waals surface area (Å²) < 4.78 is 0. The lowest BCUT2D eigenvalue weighted by Gasteiger charge is -2.28. The van der Waals surface area contributed by atoms with Gasteiger partial charge in [0, 0.05) is 11.1 Å². The molecule has 25 heavy (non-hydrogen) atoms. The Morgan fingerprint density at radius 1 is 0.880 bits per heavy atom. The molecule has 1 aromatic carbocycles. The van der Waals surface area contributed by atoms with Crippen LogP contribution in [-0.2, 0) is 15.0 Å². The second kappa shape index (κ2) is 6.07. The smallest absolute Gasteiger partial charge is 0.197 e. The van der Waals surface area contributed by atoms with Crippen molar-refractivity contribution in [3.8, 4) is 0 Å². The third kappa shape index (κ3) is 2.95. The summed E-state index contributed by atoms with van der Waals surface area (Å²) in [6.45, 7) is 7.88. The largest absolute Gasteiger partial charge is 0.294 e. The van der Waals surface area contributed by atoms with Crippen LogP contribution in [0.25, 0.3) is 0 Å². The second-order valence-electron chi connectivity index (χ2n) is 7.71. The predicted molar refractivity (Wildman–Crippen MR) is 97.4 cm³/mol. The molecule has 0 heterocycles. The predicted octanol–water partition coefficient (Wildman–Crippen LogP) is 3.99. The van der Waals surface area contributed by atoms with Crippen LogP contribution in [0.2, 0.25) is 0 Å². The number of rotatable bonds is 2. The first-order valence-corrected chi connectivity index (χ1v) is 8.51. The third-order valence-corrected chi connectivity index (χ3v) is 4.97. The molecule has 2 aliphatic carbocycles. The molecule has 0 fully saturated rings. The lowest BCUT2D eigenvalue weighted by molar-refractivity contribution is -0.127. The Kier molecular flexibility index (Phi) is 4.19. The van der Waals surface area contributed by atoms with Gasteiger partial charge >= 0.3 is 0 Å². The number of allylic oxidation sites excluding steroid dienone is 6. The molecule has 0 bridgehead atoms. The molecular weight excluding hydrogens is 312 g/mol. The number of carbonyl (C=O) groups excluding carboxylic acids is 3. The van der Waals surface area contributed by atoms with E-state index in [1.807, 2.05) is 12.1 Å². The van der Waals surface area contributed by atoms with Gasteiger partial charge in [0.05, 0.1) is 17.4 Å². The van der Waals surface area contributed by atoms with E-state index in [9.17, 15) is 14.4 Å². The number of Topliss-reactive ketones (excluding diaryl/α,β-unsaturated/α-hetero) is 3. The molecule has 0 N–H and O–H groups in total. The zero-order valence-electron chi connectivity index (χ0n) is 15.0. The van der Waals surface area contributed by atoms with Crippen molar-refractivity contribution < 1.29 is 14.4 Å². The van der Waals surface area contributed by atoms with Gasteiger partial charge in [0.15, 0.2) is 17.3 Å². The van der Waals surface area contributed by atoms with Crippen molar-refractivity contribution in [3.05, 3.63) is 70.8 Å². The molecule has 3 nitrogen and oxygen atoms in total. The first-order valence-electron chi connectivity index (χ1n) is 8.51. The molecule has 2 unspecified atom stereocenters. The van der Waals surface area contributed by atoms with Crippen LogP contribution in [0.1, 0.15) is 43.6 Å². The average Bonchev–Trinajstić information content (AvgIpc) is 2.59. The maximum Gasteiger partial charge on any atom is 0.197 e. The zero-order chi connectivity index (χ0) is 18.4. The van der Waals surface area contributed by atoms with Crippen LogP contribution in [0.5, 0.6) is 0 Å². The zero-order valence-corrected chi connectivity index (χ0v) is 15.0. The van der Waals surface area contributed by atoms with Crippen molar-refractivity contribution >= 4 is 17.3 Å². The van der Waals surface area contributed by atoms with Crippen molar-refractivity contribution in [3.63, 3.8) is 0 Å². The Labute approximate surface area is 148 Å². The van der Waals surface area contributed by atoms with E-state index in [0.29, 0.717) is 5.56 Å². The molecule has 3 rings (SSSR count). The summed E-state index contributed by atoms with van der Waals surface area (Å²) in [6.07, 6.45) is 6.99. The first-order chi connectivity index (χ1) is 11.7. The van der Waals surface area contributed by atoms with Gasteiger partial charge < -0.3 is 0 Å². The van der Waals surface area contributed by atoms with Gasteiger partial charge in [-0.1, -0.05) is 69.3 Å². The van der Waals surface area contributed by atoms with E-state index in [1.54, 1.807) is 43.4 Å². The van der Waals surface area contributed by atoms with E-state index < -0.39 is 11.8 Å². The van der Waals surface area contributed by atoms with Crippen molar-refractivity contribution in [1.82, 2.24) is 0 Å². The standard InChI is InChI=1S/C22H22O3/c1-13-18(21(25)17-8-6-5-7-16(17)19(13)23)20(24)14-9-11-15(12-10-14)22(2,3)4/h5-12,16-17H,1-4H3. The van der Waals surface area contributed by atoms with Gasteiger partial charge in [-0.15, -0.1) is 0 Å². The molecule has 0 saturated carbocycles. The number of ketones is 3. The molecule has 2 atom stereocenters. The molecule has 0 aromatic heterocycles. The number of fused-ring (bicyclic) bond motifs is 1. The van der Waals surface area contributed by atoms with Crippen LogP contribution in [-0.4, -0.2) is 17.3 Å². The van der Waals surface area contributed by atoms with Crippen LogP contribution >= 0.6 is 0 Å². The van der Waals surface area contributed by atoms with E-state index in [4.69, 9.17) is 0 Å². The number of hydrogen-bond acceptors (Lipinski definition) is 3. The summed E-state index contributed by atoms with van der Waals surface area (Å²) in [5.41, 5.74) is 1.85. The molecule has 0 radical (unpaired) electrons. The molecule has 0 saturated heterocycles. The fourth-order valence-electron chi connectivity index (χ4n) is 3.38. The maximum absolute atomic E-state index is 12.9. The van der Waals surface area contributed by atoms with Gasteiger partial charge in [-0.05, 0) is 17.9 Å². The topological polar surface area (TPSA) is 51.2 Å². The Balaban J connectivity index is 2.00. The van der Waals surface area contributed by atoms with Gasteiger partial charge in [-0.2, -0.15) is 0 Å². The quantitative estimate of drug-likeness (QED) is 0.607. The minimum atomic E-state index is -0.561. The SMILES string of the molecule is CC1=C(C(=O)c2ccc(C(C)(C)C)cc2)C(=O)C2C=CC=CC2C1=O. The normalized spacial score (nSPS) is 23.0. The molecule has 0 amide bonds. The van der Waals surface area contributed by atoms with Gasteiger partial charge in [-0.3, -0.25) is 14.4 Å². The lowest BCUT2D eigenvalue weighted by Crippen LogP contribution is -2.38. The summed E-state index contributed by atoms with van der Waals surface area (Å²) in [7, 11) is 0. The van der Waals surface area contributed by atoms with Crippen LogP contribution in [0, 0.1) is 11.8 Å². The summed E-state index contributed by atoms with van der Waals surface area (Å²) in [5.74, 6) is -1.79. The van der Waals surface area contributed by atoms with Crippen molar-refractivity contribution in [2.24, 2.45) is 11.8 Å². The van der Waals surface area contributed by atoms with Gasteiger partial charge in [0.25, 0.3) is 0 Å². The molecule has 1 aromatic rings. The molecule has 2 aliphatic rings. The molecular formula is C22H22O3. The Morgan fingerprint density at radius 3 is 1.92 bits per heavy atom. The highest BCUT2D eigenvalue weighted by Crippen LogP contribution is 2.34. The summed E-state index contributed by atoms with van der Waals surface area (Å²) >= 11 is 0. The Morgan fingerprint density at radius 2 is 1.40 bits per heavy atom. The van der Waals surface area contributed by atoms with Crippen molar-refractivity contribution in [1.29, 1.82) is 0 Å². The molecule has 128 valence electrons. The second-order valence-corrected chi connectivity index (χ2v) is 7.71. The summed E-state index contributed by atoms with van der Waals surface area (Å²) in [4.78, 5) is 38.4. The van der Waals surface area contributed by atoms with Crippen molar-refractivity contribution in [2.45, 2.75) is 33.1 Å². The fourth-order valence-corrected chi connectivity index (χ4v) is 3.38. The summed E-state index contributed by atoms with van der Waals surface area (Å²) in [6, 6.07) is 7.29. The first kappa shape index (κ1) is 17.3. The monoisotopic (exact) mass is 334 g/mol. The van der Waals surface area contributed by atoms with E-state index in [1.165, 1.54) is 0 Å². The van der Waals surface area contributed by atoms with Crippen LogP contribution in [0.15, 0.2) is 59.7 Å².